The summed E-state index contributed by atoms with van der Waals surface area (Å²) in [6, 6.07) is 13.8. The molecule has 0 radical (unpaired) electrons. The van der Waals surface area contributed by atoms with E-state index in [-0.39, 0.29) is 0 Å². The van der Waals surface area contributed by atoms with Crippen LogP contribution in [-0.4, -0.2) is 25.7 Å². The Morgan fingerprint density at radius 2 is 2.00 bits per heavy atom. The van der Waals surface area contributed by atoms with Crippen molar-refractivity contribution in [1.29, 1.82) is 0 Å². The minimum Gasteiger partial charge on any atom is -0.350 e. The number of rotatable bonds is 3. The number of benzene rings is 1. The monoisotopic (exact) mass is 283 g/mol. The van der Waals surface area contributed by atoms with Gasteiger partial charge in [0.2, 0.25) is 4.77 Å². The van der Waals surface area contributed by atoms with Gasteiger partial charge >= 0.3 is 0 Å². The van der Waals surface area contributed by atoms with E-state index in [2.05, 4.69) is 15.3 Å². The predicted molar refractivity (Wildman–Crippen MR) is 81.3 cm³/mol. The van der Waals surface area contributed by atoms with Gasteiger partial charge in [-0.2, -0.15) is 14.9 Å². The van der Waals surface area contributed by atoms with Crippen LogP contribution in [0.15, 0.2) is 53.8 Å². The first-order valence-corrected chi connectivity index (χ1v) is 6.55. The van der Waals surface area contributed by atoms with E-state index in [1.54, 1.807) is 10.9 Å². The molecular formula is C14H13N5S. The van der Waals surface area contributed by atoms with E-state index < -0.39 is 0 Å². The van der Waals surface area contributed by atoms with Crippen LogP contribution in [0, 0.1) is 4.77 Å². The molecule has 0 aliphatic carbocycles. The molecule has 20 heavy (non-hydrogen) atoms. The molecule has 3 aromatic rings. The van der Waals surface area contributed by atoms with Gasteiger partial charge in [-0.25, -0.2) is 5.10 Å². The van der Waals surface area contributed by atoms with E-state index in [0.717, 1.165) is 11.3 Å². The van der Waals surface area contributed by atoms with Crippen molar-refractivity contribution in [3.8, 4) is 11.4 Å². The van der Waals surface area contributed by atoms with Crippen molar-refractivity contribution >= 4 is 18.4 Å². The molecule has 0 spiro atoms. The highest BCUT2D eigenvalue weighted by Gasteiger charge is 2.07. The molecule has 0 amide bonds. The number of H-pyrrole nitrogens is 1. The van der Waals surface area contributed by atoms with Gasteiger partial charge in [-0.15, -0.1) is 0 Å². The van der Waals surface area contributed by atoms with Crippen LogP contribution in [0.3, 0.4) is 0 Å². The van der Waals surface area contributed by atoms with Crippen LogP contribution in [0.5, 0.6) is 0 Å². The lowest BCUT2D eigenvalue weighted by Gasteiger charge is -2.00. The van der Waals surface area contributed by atoms with E-state index >= 15 is 0 Å². The molecule has 0 saturated heterocycles. The van der Waals surface area contributed by atoms with Crippen molar-refractivity contribution in [2.45, 2.75) is 0 Å². The van der Waals surface area contributed by atoms with E-state index in [0.29, 0.717) is 10.6 Å². The number of aryl methyl sites for hydroxylation is 1. The highest BCUT2D eigenvalue weighted by molar-refractivity contribution is 7.71. The van der Waals surface area contributed by atoms with Crippen molar-refractivity contribution in [3.05, 3.63) is 59.1 Å². The number of nitrogens with zero attached hydrogens (tertiary/aromatic N) is 4. The molecular weight excluding hydrogens is 270 g/mol. The fraction of sp³-hybridized carbons (Fsp3) is 0.0714. The first-order valence-electron chi connectivity index (χ1n) is 6.14. The van der Waals surface area contributed by atoms with E-state index in [1.165, 1.54) is 0 Å². The van der Waals surface area contributed by atoms with Crippen LogP contribution in [0.1, 0.15) is 5.69 Å². The third-order valence-electron chi connectivity index (χ3n) is 2.97. The summed E-state index contributed by atoms with van der Waals surface area (Å²) in [6.45, 7) is 0. The number of aromatic nitrogens is 4. The largest absolute Gasteiger partial charge is 0.350 e. The van der Waals surface area contributed by atoms with Crippen LogP contribution in [0.2, 0.25) is 0 Å². The van der Waals surface area contributed by atoms with Crippen LogP contribution < -0.4 is 0 Å². The molecule has 6 heteroatoms. The summed E-state index contributed by atoms with van der Waals surface area (Å²) < 4.78 is 4.07. The Kier molecular flexibility index (Phi) is 3.30. The molecule has 2 heterocycles. The van der Waals surface area contributed by atoms with Gasteiger partial charge in [0, 0.05) is 18.8 Å². The normalized spacial score (nSPS) is 11.2. The Balaban J connectivity index is 2.03. The lowest BCUT2D eigenvalue weighted by molar-refractivity contribution is 0.862. The molecule has 5 nitrogen and oxygen atoms in total. The summed E-state index contributed by atoms with van der Waals surface area (Å²) in [6.07, 6.45) is 3.73. The maximum atomic E-state index is 5.22. The van der Waals surface area contributed by atoms with Crippen molar-refractivity contribution < 1.29 is 0 Å². The Morgan fingerprint density at radius 1 is 1.20 bits per heavy atom. The van der Waals surface area contributed by atoms with Crippen molar-refractivity contribution in [3.63, 3.8) is 0 Å². The van der Waals surface area contributed by atoms with Gasteiger partial charge in [0.15, 0.2) is 5.82 Å². The Bertz CT molecular complexity index is 794. The molecule has 0 atom stereocenters. The lowest BCUT2D eigenvalue weighted by Crippen LogP contribution is -1.98. The van der Waals surface area contributed by atoms with Crippen molar-refractivity contribution in [2.75, 3.05) is 0 Å². The van der Waals surface area contributed by atoms with Gasteiger partial charge in [-0.1, -0.05) is 30.3 Å². The second-order valence-electron chi connectivity index (χ2n) is 4.32. The van der Waals surface area contributed by atoms with Crippen LogP contribution in [0.4, 0.5) is 0 Å². The molecule has 0 aliphatic rings. The molecule has 100 valence electrons. The van der Waals surface area contributed by atoms with Gasteiger partial charge < -0.3 is 4.57 Å². The fourth-order valence-corrected chi connectivity index (χ4v) is 2.08. The molecule has 0 aliphatic heterocycles. The SMILES string of the molecule is Cn1cccc1/C=N\n1c(-c2ccccc2)n[nH]c1=S. The summed E-state index contributed by atoms with van der Waals surface area (Å²) in [5, 5.41) is 11.4. The molecule has 0 saturated carbocycles. The Morgan fingerprint density at radius 3 is 2.70 bits per heavy atom. The first kappa shape index (κ1) is 12.6. The third-order valence-corrected chi connectivity index (χ3v) is 3.24. The summed E-state index contributed by atoms with van der Waals surface area (Å²) in [4.78, 5) is 0. The van der Waals surface area contributed by atoms with E-state index in [1.807, 2.05) is 60.3 Å². The second-order valence-corrected chi connectivity index (χ2v) is 4.71. The molecule has 2 aromatic heterocycles. The summed E-state index contributed by atoms with van der Waals surface area (Å²) in [7, 11) is 1.97. The zero-order chi connectivity index (χ0) is 13.9. The van der Waals surface area contributed by atoms with Gasteiger partial charge in [-0.05, 0) is 24.4 Å². The third kappa shape index (κ3) is 2.33. The van der Waals surface area contributed by atoms with Crippen molar-refractivity contribution in [2.24, 2.45) is 12.1 Å². The number of nitrogens with one attached hydrogen (secondary N) is 1. The summed E-state index contributed by atoms with van der Waals surface area (Å²) in [5.74, 6) is 0.695. The minimum atomic E-state index is 0.467. The summed E-state index contributed by atoms with van der Waals surface area (Å²) in [5.41, 5.74) is 1.95. The predicted octanol–water partition coefficient (Wildman–Crippen LogP) is 2.83. The number of aromatic amines is 1. The molecule has 1 N–H and O–H groups in total. The van der Waals surface area contributed by atoms with Gasteiger partial charge in [-0.3, -0.25) is 0 Å². The van der Waals surface area contributed by atoms with Gasteiger partial charge in [0.1, 0.15) is 0 Å². The number of hydrogen-bond acceptors (Lipinski definition) is 3. The highest BCUT2D eigenvalue weighted by Crippen LogP contribution is 2.16. The topological polar surface area (TPSA) is 50.9 Å². The highest BCUT2D eigenvalue weighted by atomic mass is 32.1. The zero-order valence-corrected chi connectivity index (χ0v) is 11.7. The molecule has 3 rings (SSSR count). The minimum absolute atomic E-state index is 0.467. The molecule has 0 bridgehead atoms. The van der Waals surface area contributed by atoms with E-state index in [4.69, 9.17) is 12.2 Å². The molecule has 1 aromatic carbocycles. The fourth-order valence-electron chi connectivity index (χ4n) is 1.90. The van der Waals surface area contributed by atoms with Crippen LogP contribution in [-0.2, 0) is 7.05 Å². The standard InChI is InChI=1S/C14H13N5S/c1-18-9-5-8-12(18)10-15-19-13(16-17-14(19)20)11-6-3-2-4-7-11/h2-10H,1H3,(H,17,20)/b15-10-. The van der Waals surface area contributed by atoms with Crippen molar-refractivity contribution in [1.82, 2.24) is 19.4 Å². The average Bonchev–Trinajstić information content (AvgIpc) is 3.04. The zero-order valence-electron chi connectivity index (χ0n) is 10.9. The first-order chi connectivity index (χ1) is 9.75. The average molecular weight is 283 g/mol. The molecule has 0 fully saturated rings. The quantitative estimate of drug-likeness (QED) is 0.593. The van der Waals surface area contributed by atoms with Gasteiger partial charge in [0.05, 0.1) is 11.9 Å². The van der Waals surface area contributed by atoms with Gasteiger partial charge in [0.25, 0.3) is 0 Å². The Hall–Kier alpha value is -2.47. The second kappa shape index (κ2) is 5.26. The summed E-state index contributed by atoms with van der Waals surface area (Å²) >= 11 is 5.22. The van der Waals surface area contributed by atoms with E-state index in [9.17, 15) is 0 Å². The Labute approximate surface area is 121 Å². The maximum absolute atomic E-state index is 5.22. The smallest absolute Gasteiger partial charge is 0.216 e. The number of hydrogen-bond donors (Lipinski definition) is 1. The maximum Gasteiger partial charge on any atom is 0.216 e. The van der Waals surface area contributed by atoms with Crippen LogP contribution >= 0.6 is 12.2 Å². The lowest BCUT2D eigenvalue weighted by atomic mass is 10.2. The molecule has 0 unspecified atom stereocenters. The van der Waals surface area contributed by atoms with Crippen LogP contribution in [0.25, 0.3) is 11.4 Å².